The standard InChI is InChI=1S/C63H45NS2/c1-2-3-4-5-12-39-20-22-41(23-21-39)48-18-10-19-52-58-36-55-50-17-9-8-16-49(50)54-35-45(26-28-51(54)56(55)37-60(58)66-62(48)52)47-29-30-53-57-34-44(43-25-24-40-13-6-7-14-42(40)33-43)27-31-59(57)65-63(53)61(47)46-15-11-32-64-38-46/h6-11,13-38H,2-5,12H2,1H3. The van der Waals surface area contributed by atoms with E-state index in [4.69, 9.17) is 0 Å². The van der Waals surface area contributed by atoms with Crippen LogP contribution in [0.25, 0.3) is 128 Å². The third-order valence-electron chi connectivity index (χ3n) is 14.0. The van der Waals surface area contributed by atoms with E-state index < -0.39 is 0 Å². The fourth-order valence-corrected chi connectivity index (χ4v) is 13.2. The van der Waals surface area contributed by atoms with Crippen LogP contribution in [0.1, 0.15) is 38.2 Å². The molecule has 0 unspecified atom stereocenters. The molecule has 13 rings (SSSR count). The number of aryl methyl sites for hydroxylation is 1. The molecule has 0 aliphatic rings. The summed E-state index contributed by atoms with van der Waals surface area (Å²) in [5, 5.41) is 15.5. The van der Waals surface area contributed by atoms with Gasteiger partial charge in [-0.25, -0.2) is 0 Å². The molecular weight excluding hydrogens is 835 g/mol. The lowest BCUT2D eigenvalue weighted by Crippen LogP contribution is -1.89. The van der Waals surface area contributed by atoms with E-state index in [-0.39, 0.29) is 0 Å². The molecule has 314 valence electrons. The number of benzene rings is 10. The first-order chi connectivity index (χ1) is 32.7. The summed E-state index contributed by atoms with van der Waals surface area (Å²) in [7, 11) is 0. The fraction of sp³-hybridized carbons (Fsp3) is 0.0952. The molecule has 0 saturated carbocycles. The molecule has 3 aromatic heterocycles. The van der Waals surface area contributed by atoms with E-state index in [9.17, 15) is 0 Å². The Labute approximate surface area is 392 Å². The van der Waals surface area contributed by atoms with E-state index in [0.29, 0.717) is 0 Å². The molecule has 0 amide bonds. The summed E-state index contributed by atoms with van der Waals surface area (Å²) in [6.45, 7) is 2.28. The van der Waals surface area contributed by atoms with Gasteiger partial charge in [-0.15, -0.1) is 22.7 Å². The molecule has 0 saturated heterocycles. The Bertz CT molecular complexity index is 4020. The molecule has 66 heavy (non-hydrogen) atoms. The van der Waals surface area contributed by atoms with Crippen molar-refractivity contribution in [2.24, 2.45) is 0 Å². The minimum absolute atomic E-state index is 1.13. The quantitative estimate of drug-likeness (QED) is 0.104. The molecule has 0 radical (unpaired) electrons. The fourth-order valence-electron chi connectivity index (χ4n) is 10.7. The molecule has 3 heterocycles. The molecular formula is C63H45NS2. The Morgan fingerprint density at radius 2 is 1.05 bits per heavy atom. The van der Waals surface area contributed by atoms with Crippen LogP contribution in [0.2, 0.25) is 0 Å². The summed E-state index contributed by atoms with van der Waals surface area (Å²) in [4.78, 5) is 4.65. The average molecular weight is 880 g/mol. The van der Waals surface area contributed by atoms with Gasteiger partial charge in [-0.05, 0) is 137 Å². The Morgan fingerprint density at radius 3 is 1.89 bits per heavy atom. The second-order valence-corrected chi connectivity index (χ2v) is 20.1. The van der Waals surface area contributed by atoms with Crippen molar-refractivity contribution in [3.8, 4) is 44.5 Å². The van der Waals surface area contributed by atoms with Gasteiger partial charge in [-0.1, -0.05) is 166 Å². The van der Waals surface area contributed by atoms with Gasteiger partial charge in [0.25, 0.3) is 0 Å². The predicted octanol–water partition coefficient (Wildman–Crippen LogP) is 19.2. The molecule has 0 aliphatic carbocycles. The summed E-state index contributed by atoms with van der Waals surface area (Å²) in [5.74, 6) is 0. The number of pyridine rings is 1. The van der Waals surface area contributed by atoms with Crippen LogP contribution in [0.5, 0.6) is 0 Å². The van der Waals surface area contributed by atoms with E-state index in [2.05, 4.69) is 194 Å². The SMILES string of the molecule is CCCCCCc1ccc(-c2cccc3c2sc2cc4c5ccc(-c6ccc7c(sc8ccc(-c9ccc%10ccccc%10c9)cc87)c6-c6cccnc6)cc5c5ccccc5c4cc23)cc1. The van der Waals surface area contributed by atoms with Crippen molar-refractivity contribution >= 4 is 106 Å². The maximum absolute atomic E-state index is 4.65. The van der Waals surface area contributed by atoms with Crippen LogP contribution < -0.4 is 0 Å². The van der Waals surface area contributed by atoms with Gasteiger partial charge in [0.15, 0.2) is 0 Å². The van der Waals surface area contributed by atoms with Crippen LogP contribution in [0, 0.1) is 0 Å². The monoisotopic (exact) mass is 879 g/mol. The van der Waals surface area contributed by atoms with Crippen molar-refractivity contribution < 1.29 is 0 Å². The van der Waals surface area contributed by atoms with Gasteiger partial charge in [0.1, 0.15) is 0 Å². The van der Waals surface area contributed by atoms with Crippen LogP contribution in [0.4, 0.5) is 0 Å². The number of nitrogens with zero attached hydrogens (tertiary/aromatic N) is 1. The summed E-state index contributed by atoms with van der Waals surface area (Å²) in [6, 6.07) is 68.7. The molecule has 1 nitrogen and oxygen atoms in total. The average Bonchev–Trinajstić information content (AvgIpc) is 3.95. The Morgan fingerprint density at radius 1 is 0.379 bits per heavy atom. The van der Waals surface area contributed by atoms with Gasteiger partial charge in [-0.3, -0.25) is 4.98 Å². The highest BCUT2D eigenvalue weighted by atomic mass is 32.1. The van der Waals surface area contributed by atoms with E-state index in [0.717, 1.165) is 12.0 Å². The first-order valence-electron chi connectivity index (χ1n) is 23.4. The number of unbranched alkanes of at least 4 members (excludes halogenated alkanes) is 3. The second-order valence-electron chi connectivity index (χ2n) is 18.0. The highest BCUT2D eigenvalue weighted by molar-refractivity contribution is 7.26. The van der Waals surface area contributed by atoms with Crippen molar-refractivity contribution in [2.45, 2.75) is 39.0 Å². The topological polar surface area (TPSA) is 12.9 Å². The summed E-state index contributed by atoms with van der Waals surface area (Å²) >= 11 is 3.82. The molecule has 0 atom stereocenters. The highest BCUT2D eigenvalue weighted by Crippen LogP contribution is 2.48. The minimum Gasteiger partial charge on any atom is -0.264 e. The lowest BCUT2D eigenvalue weighted by Gasteiger charge is -2.15. The smallest absolute Gasteiger partial charge is 0.0440 e. The van der Waals surface area contributed by atoms with Crippen molar-refractivity contribution in [1.82, 2.24) is 4.98 Å². The van der Waals surface area contributed by atoms with Gasteiger partial charge in [0.2, 0.25) is 0 Å². The second kappa shape index (κ2) is 16.1. The number of thiophene rings is 2. The molecule has 13 aromatic rings. The predicted molar refractivity (Wildman–Crippen MR) is 290 cm³/mol. The Kier molecular flexibility index (Phi) is 9.54. The molecule has 0 aliphatic heterocycles. The number of fused-ring (bicyclic) bond motifs is 13. The minimum atomic E-state index is 1.13. The summed E-state index contributed by atoms with van der Waals surface area (Å²) < 4.78 is 5.27. The number of rotatable bonds is 9. The first-order valence-corrected chi connectivity index (χ1v) is 25.0. The molecule has 0 bridgehead atoms. The van der Waals surface area contributed by atoms with Crippen molar-refractivity contribution in [3.63, 3.8) is 0 Å². The third kappa shape index (κ3) is 6.52. The van der Waals surface area contributed by atoms with Gasteiger partial charge in [-0.2, -0.15) is 0 Å². The lowest BCUT2D eigenvalue weighted by atomic mass is 9.89. The van der Waals surface area contributed by atoms with Gasteiger partial charge in [0.05, 0.1) is 0 Å². The van der Waals surface area contributed by atoms with Crippen LogP contribution in [-0.4, -0.2) is 4.98 Å². The summed E-state index contributed by atoms with van der Waals surface area (Å²) in [6.07, 6.45) is 10.2. The highest BCUT2D eigenvalue weighted by Gasteiger charge is 2.20. The Hall–Kier alpha value is -7.17. The number of hydrogen-bond donors (Lipinski definition) is 0. The number of hydrogen-bond acceptors (Lipinski definition) is 3. The normalized spacial score (nSPS) is 12.0. The van der Waals surface area contributed by atoms with Crippen LogP contribution in [-0.2, 0) is 6.42 Å². The van der Waals surface area contributed by atoms with Crippen molar-refractivity contribution in [2.75, 3.05) is 0 Å². The van der Waals surface area contributed by atoms with Gasteiger partial charge >= 0.3 is 0 Å². The molecule has 0 fully saturated rings. The summed E-state index contributed by atoms with van der Waals surface area (Å²) in [5.41, 5.74) is 11.3. The zero-order valence-electron chi connectivity index (χ0n) is 36.8. The van der Waals surface area contributed by atoms with E-state index in [1.54, 1.807) is 0 Å². The Balaban J connectivity index is 0.957. The number of aromatic nitrogens is 1. The molecule has 0 spiro atoms. The maximum Gasteiger partial charge on any atom is 0.0440 e. The zero-order valence-corrected chi connectivity index (χ0v) is 38.4. The zero-order chi connectivity index (χ0) is 43.7. The molecule has 3 heteroatoms. The van der Waals surface area contributed by atoms with Gasteiger partial charge < -0.3 is 0 Å². The third-order valence-corrected chi connectivity index (χ3v) is 16.4. The maximum atomic E-state index is 4.65. The van der Waals surface area contributed by atoms with E-state index >= 15 is 0 Å². The molecule has 0 N–H and O–H groups in total. The van der Waals surface area contributed by atoms with E-state index in [1.165, 1.54) is 154 Å². The van der Waals surface area contributed by atoms with Gasteiger partial charge in [0, 0.05) is 63.9 Å². The van der Waals surface area contributed by atoms with Crippen LogP contribution in [0.15, 0.2) is 194 Å². The van der Waals surface area contributed by atoms with Crippen LogP contribution >= 0.6 is 22.7 Å². The van der Waals surface area contributed by atoms with Crippen LogP contribution in [0.3, 0.4) is 0 Å². The lowest BCUT2D eigenvalue weighted by molar-refractivity contribution is 0.667. The van der Waals surface area contributed by atoms with Crippen molar-refractivity contribution in [1.29, 1.82) is 0 Å². The largest absolute Gasteiger partial charge is 0.264 e. The molecule has 10 aromatic carbocycles. The van der Waals surface area contributed by atoms with Crippen molar-refractivity contribution in [3.05, 3.63) is 200 Å². The first kappa shape index (κ1) is 39.2. The van der Waals surface area contributed by atoms with E-state index in [1.807, 2.05) is 35.1 Å².